The first-order valence-corrected chi connectivity index (χ1v) is 5.99. The van der Waals surface area contributed by atoms with Gasteiger partial charge in [-0.3, -0.25) is 0 Å². The summed E-state index contributed by atoms with van der Waals surface area (Å²) >= 11 is 0. The topological polar surface area (TPSA) is 55.3 Å². The van der Waals surface area contributed by atoms with Gasteiger partial charge in [-0.1, -0.05) is 0 Å². The van der Waals surface area contributed by atoms with Crippen LogP contribution in [0.15, 0.2) is 12.1 Å². The van der Waals surface area contributed by atoms with Crippen LogP contribution in [0.2, 0.25) is 0 Å². The summed E-state index contributed by atoms with van der Waals surface area (Å²) in [5.41, 5.74) is 17.3. The Morgan fingerprint density at radius 2 is 2.06 bits per heavy atom. The van der Waals surface area contributed by atoms with E-state index in [1.165, 1.54) is 11.1 Å². The molecule has 0 aromatic heterocycles. The molecule has 1 aromatic rings. The molecule has 4 N–H and O–H groups in total. The van der Waals surface area contributed by atoms with E-state index in [2.05, 4.69) is 24.1 Å². The Balaban J connectivity index is 2.15. The second-order valence-electron chi connectivity index (χ2n) is 5.35. The van der Waals surface area contributed by atoms with Crippen LogP contribution in [0.25, 0.3) is 0 Å². The Kier molecular flexibility index (Phi) is 2.19. The van der Waals surface area contributed by atoms with Gasteiger partial charge in [-0.15, -0.1) is 0 Å². The second-order valence-corrected chi connectivity index (χ2v) is 5.35. The molecule has 1 aromatic carbocycles. The highest BCUT2D eigenvalue weighted by Crippen LogP contribution is 2.38. The van der Waals surface area contributed by atoms with Crippen molar-refractivity contribution in [3.05, 3.63) is 28.8 Å². The Hall–Kier alpha value is -1.06. The minimum Gasteiger partial charge on any atom is -0.399 e. The van der Waals surface area contributed by atoms with Crippen molar-refractivity contribution in [3.63, 3.8) is 0 Å². The van der Waals surface area contributed by atoms with E-state index in [-0.39, 0.29) is 0 Å². The minimum absolute atomic E-state index is 0.304. The SMILES string of the molecule is CN1Cc2cc(N)cc3c2C(CC(N)C3)C1. The molecular formula is C13H19N3. The average molecular weight is 217 g/mol. The van der Waals surface area contributed by atoms with Crippen LogP contribution in [0.1, 0.15) is 29.0 Å². The van der Waals surface area contributed by atoms with Crippen molar-refractivity contribution in [2.24, 2.45) is 5.73 Å². The predicted octanol–water partition coefficient (Wildman–Crippen LogP) is 1.07. The number of hydrogen-bond acceptors (Lipinski definition) is 3. The fourth-order valence-electron chi connectivity index (χ4n) is 3.38. The number of benzene rings is 1. The van der Waals surface area contributed by atoms with E-state index in [4.69, 9.17) is 11.5 Å². The van der Waals surface area contributed by atoms with Gasteiger partial charge < -0.3 is 16.4 Å². The minimum atomic E-state index is 0.304. The predicted molar refractivity (Wildman–Crippen MR) is 66.2 cm³/mol. The van der Waals surface area contributed by atoms with Gasteiger partial charge in [-0.25, -0.2) is 0 Å². The van der Waals surface area contributed by atoms with Crippen molar-refractivity contribution in [2.75, 3.05) is 19.3 Å². The number of rotatable bonds is 0. The van der Waals surface area contributed by atoms with Crippen molar-refractivity contribution in [1.29, 1.82) is 0 Å². The summed E-state index contributed by atoms with van der Waals surface area (Å²) in [5.74, 6) is 0.619. The highest BCUT2D eigenvalue weighted by Gasteiger charge is 2.31. The van der Waals surface area contributed by atoms with Crippen LogP contribution in [0.3, 0.4) is 0 Å². The Labute approximate surface area is 96.4 Å². The van der Waals surface area contributed by atoms with E-state index < -0.39 is 0 Å². The van der Waals surface area contributed by atoms with Crippen molar-refractivity contribution < 1.29 is 0 Å². The first-order valence-electron chi connectivity index (χ1n) is 5.99. The van der Waals surface area contributed by atoms with Gasteiger partial charge >= 0.3 is 0 Å². The number of nitrogens with zero attached hydrogens (tertiary/aromatic N) is 1. The molecule has 1 aliphatic carbocycles. The molecule has 0 spiro atoms. The zero-order valence-corrected chi connectivity index (χ0v) is 9.74. The van der Waals surface area contributed by atoms with Gasteiger partial charge in [0.05, 0.1) is 0 Å². The van der Waals surface area contributed by atoms with Crippen LogP contribution in [-0.4, -0.2) is 24.5 Å². The molecule has 0 fully saturated rings. The Morgan fingerprint density at radius 1 is 1.31 bits per heavy atom. The van der Waals surface area contributed by atoms with E-state index in [0.29, 0.717) is 12.0 Å². The van der Waals surface area contributed by atoms with E-state index in [0.717, 1.165) is 31.6 Å². The summed E-state index contributed by atoms with van der Waals surface area (Å²) in [5, 5.41) is 0. The molecule has 2 unspecified atom stereocenters. The number of nitrogens with two attached hydrogens (primary N) is 2. The molecule has 3 rings (SSSR count). The smallest absolute Gasteiger partial charge is 0.0320 e. The fraction of sp³-hybridized carbons (Fsp3) is 0.538. The molecule has 0 radical (unpaired) electrons. The molecular weight excluding hydrogens is 198 g/mol. The van der Waals surface area contributed by atoms with Crippen LogP contribution < -0.4 is 11.5 Å². The molecule has 0 saturated carbocycles. The number of likely N-dealkylation sites (N-methyl/N-ethyl adjacent to an activating group) is 1. The van der Waals surface area contributed by atoms with E-state index in [1.54, 1.807) is 5.56 Å². The van der Waals surface area contributed by atoms with Gasteiger partial charge in [0.25, 0.3) is 0 Å². The van der Waals surface area contributed by atoms with Crippen molar-refractivity contribution >= 4 is 5.69 Å². The fourth-order valence-corrected chi connectivity index (χ4v) is 3.38. The Bertz CT molecular complexity index is 392. The summed E-state index contributed by atoms with van der Waals surface area (Å²) < 4.78 is 0. The third-order valence-corrected chi connectivity index (χ3v) is 3.82. The number of hydrogen-bond donors (Lipinski definition) is 2. The monoisotopic (exact) mass is 217 g/mol. The molecule has 3 heteroatoms. The van der Waals surface area contributed by atoms with Crippen LogP contribution >= 0.6 is 0 Å². The highest BCUT2D eigenvalue weighted by molar-refractivity contribution is 5.53. The third-order valence-electron chi connectivity index (χ3n) is 3.82. The zero-order valence-electron chi connectivity index (χ0n) is 9.74. The molecule has 3 nitrogen and oxygen atoms in total. The van der Waals surface area contributed by atoms with Crippen LogP contribution in [0.4, 0.5) is 5.69 Å². The summed E-state index contributed by atoms with van der Waals surface area (Å²) in [6, 6.07) is 4.56. The lowest BCUT2D eigenvalue weighted by Crippen LogP contribution is -2.39. The van der Waals surface area contributed by atoms with Crippen LogP contribution in [-0.2, 0) is 13.0 Å². The molecule has 2 atom stereocenters. The quantitative estimate of drug-likeness (QED) is 0.639. The molecule has 0 bridgehead atoms. The standard InChI is InChI=1S/C13H19N3/c1-16-6-9-4-11(14)2-8-3-12(15)5-10(7-16)13(8)9/h2,4,10,12H,3,5-7,14-15H2,1H3. The lowest BCUT2D eigenvalue weighted by atomic mass is 9.76. The van der Waals surface area contributed by atoms with Gasteiger partial charge in [0.1, 0.15) is 0 Å². The first kappa shape index (κ1) is 10.1. The molecule has 0 saturated heterocycles. The largest absolute Gasteiger partial charge is 0.399 e. The molecule has 2 aliphatic rings. The first-order chi connectivity index (χ1) is 7.63. The van der Waals surface area contributed by atoms with Gasteiger partial charge in [0.2, 0.25) is 0 Å². The highest BCUT2D eigenvalue weighted by atomic mass is 15.1. The molecule has 1 aliphatic heterocycles. The van der Waals surface area contributed by atoms with Gasteiger partial charge in [0.15, 0.2) is 0 Å². The summed E-state index contributed by atoms with van der Waals surface area (Å²) in [6.45, 7) is 2.16. The molecule has 16 heavy (non-hydrogen) atoms. The number of anilines is 1. The maximum absolute atomic E-state index is 6.13. The van der Waals surface area contributed by atoms with Gasteiger partial charge in [-0.2, -0.15) is 0 Å². The lowest BCUT2D eigenvalue weighted by Gasteiger charge is -2.39. The second kappa shape index (κ2) is 3.47. The number of nitrogen functional groups attached to an aromatic ring is 1. The van der Waals surface area contributed by atoms with Crippen molar-refractivity contribution in [3.8, 4) is 0 Å². The molecule has 86 valence electrons. The lowest BCUT2D eigenvalue weighted by molar-refractivity contribution is 0.260. The van der Waals surface area contributed by atoms with Crippen LogP contribution in [0.5, 0.6) is 0 Å². The van der Waals surface area contributed by atoms with Gasteiger partial charge in [-0.05, 0) is 54.6 Å². The van der Waals surface area contributed by atoms with Crippen molar-refractivity contribution in [2.45, 2.75) is 31.3 Å². The third kappa shape index (κ3) is 1.51. The normalized spacial score (nSPS) is 28.9. The average Bonchev–Trinajstić information content (AvgIpc) is 2.14. The maximum Gasteiger partial charge on any atom is 0.0320 e. The van der Waals surface area contributed by atoms with E-state index >= 15 is 0 Å². The Morgan fingerprint density at radius 3 is 2.88 bits per heavy atom. The van der Waals surface area contributed by atoms with Crippen molar-refractivity contribution in [1.82, 2.24) is 4.90 Å². The summed E-state index contributed by atoms with van der Waals surface area (Å²) in [7, 11) is 2.17. The van der Waals surface area contributed by atoms with Crippen LogP contribution in [0, 0.1) is 0 Å². The maximum atomic E-state index is 6.13. The summed E-state index contributed by atoms with van der Waals surface area (Å²) in [6.07, 6.45) is 2.11. The zero-order chi connectivity index (χ0) is 11.3. The molecule has 0 amide bonds. The summed E-state index contributed by atoms with van der Waals surface area (Å²) in [4.78, 5) is 2.37. The van der Waals surface area contributed by atoms with E-state index in [1.807, 2.05) is 0 Å². The van der Waals surface area contributed by atoms with E-state index in [9.17, 15) is 0 Å². The molecule has 1 heterocycles. The van der Waals surface area contributed by atoms with Gasteiger partial charge in [0, 0.05) is 24.8 Å².